The number of carbonyl (C=O) groups excluding carboxylic acids is 1. The predicted octanol–water partition coefficient (Wildman–Crippen LogP) is 3.76. The molecule has 6 nitrogen and oxygen atoms in total. The summed E-state index contributed by atoms with van der Waals surface area (Å²) in [4.78, 5) is 12.2. The Labute approximate surface area is 158 Å². The molecular formula is C21H19N3O3. The summed E-state index contributed by atoms with van der Waals surface area (Å²) in [6.07, 6.45) is 1.44. The molecule has 0 saturated carbocycles. The lowest BCUT2D eigenvalue weighted by Gasteiger charge is -2.13. The van der Waals surface area contributed by atoms with Crippen molar-refractivity contribution in [2.24, 2.45) is 0 Å². The van der Waals surface area contributed by atoms with E-state index in [-0.39, 0.29) is 18.1 Å². The number of allylic oxidation sites excluding steroid dienone is 1. The molecule has 1 amide bonds. The first-order valence-electron chi connectivity index (χ1n) is 8.16. The standard InChI is InChI=1S/C21H19N3O3/c1-14-4-5-15(2)18(8-14)24-21(25)13-27-19-7-6-16(10-20(19)26-3)9-17(11-22)12-23/h4-10H,13H2,1-3H3,(H,24,25). The van der Waals surface area contributed by atoms with E-state index < -0.39 is 0 Å². The number of hydrogen-bond acceptors (Lipinski definition) is 5. The minimum atomic E-state index is -0.286. The molecule has 0 unspecified atom stereocenters. The van der Waals surface area contributed by atoms with Gasteiger partial charge in [-0.15, -0.1) is 0 Å². The van der Waals surface area contributed by atoms with E-state index in [2.05, 4.69) is 5.32 Å². The predicted molar refractivity (Wildman–Crippen MR) is 102 cm³/mol. The zero-order valence-electron chi connectivity index (χ0n) is 15.4. The minimum absolute atomic E-state index is 0.0152. The minimum Gasteiger partial charge on any atom is -0.493 e. The third-order valence-electron chi connectivity index (χ3n) is 3.77. The van der Waals surface area contributed by atoms with Crippen molar-refractivity contribution >= 4 is 17.7 Å². The van der Waals surface area contributed by atoms with Gasteiger partial charge in [-0.1, -0.05) is 18.2 Å². The van der Waals surface area contributed by atoms with Gasteiger partial charge in [0.2, 0.25) is 0 Å². The van der Waals surface area contributed by atoms with Crippen molar-refractivity contribution in [1.82, 2.24) is 0 Å². The Balaban J connectivity index is 2.08. The number of nitrogens with one attached hydrogen (secondary N) is 1. The largest absolute Gasteiger partial charge is 0.493 e. The van der Waals surface area contributed by atoms with E-state index in [1.54, 1.807) is 30.3 Å². The van der Waals surface area contributed by atoms with Crippen LogP contribution in [0.1, 0.15) is 16.7 Å². The first kappa shape index (κ1) is 19.6. The van der Waals surface area contributed by atoms with Crippen LogP contribution in [0.2, 0.25) is 0 Å². The van der Waals surface area contributed by atoms with Gasteiger partial charge in [0.05, 0.1) is 7.11 Å². The summed E-state index contributed by atoms with van der Waals surface area (Å²) in [5.74, 6) is 0.505. The second-order valence-corrected chi connectivity index (χ2v) is 5.85. The normalized spacial score (nSPS) is 9.52. The third-order valence-corrected chi connectivity index (χ3v) is 3.77. The van der Waals surface area contributed by atoms with Crippen molar-refractivity contribution in [2.45, 2.75) is 13.8 Å². The highest BCUT2D eigenvalue weighted by Gasteiger charge is 2.10. The SMILES string of the molecule is COc1cc(C=C(C#N)C#N)ccc1OCC(=O)Nc1cc(C)ccc1C. The zero-order valence-corrected chi connectivity index (χ0v) is 15.4. The van der Waals surface area contributed by atoms with E-state index in [1.807, 2.05) is 32.0 Å². The summed E-state index contributed by atoms with van der Waals surface area (Å²) in [5.41, 5.74) is 3.37. The van der Waals surface area contributed by atoms with Crippen molar-refractivity contribution in [2.75, 3.05) is 19.0 Å². The van der Waals surface area contributed by atoms with Gasteiger partial charge < -0.3 is 14.8 Å². The molecule has 0 radical (unpaired) electrons. The molecule has 2 aromatic carbocycles. The molecule has 0 aliphatic heterocycles. The van der Waals surface area contributed by atoms with Gasteiger partial charge in [-0.25, -0.2) is 0 Å². The number of benzene rings is 2. The van der Waals surface area contributed by atoms with E-state index in [9.17, 15) is 4.79 Å². The van der Waals surface area contributed by atoms with E-state index in [0.29, 0.717) is 17.1 Å². The van der Waals surface area contributed by atoms with Crippen molar-refractivity contribution < 1.29 is 14.3 Å². The number of nitriles is 2. The number of methoxy groups -OCH3 is 1. The molecule has 0 aliphatic carbocycles. The first-order chi connectivity index (χ1) is 13.0. The maximum absolute atomic E-state index is 12.2. The van der Waals surface area contributed by atoms with Crippen LogP contribution >= 0.6 is 0 Å². The van der Waals surface area contributed by atoms with Gasteiger partial charge in [0.1, 0.15) is 17.7 Å². The number of anilines is 1. The Morgan fingerprint density at radius 2 is 1.85 bits per heavy atom. The van der Waals surface area contributed by atoms with E-state index in [1.165, 1.54) is 13.2 Å². The molecule has 1 N–H and O–H groups in total. The summed E-state index contributed by atoms with van der Waals surface area (Å²) in [5, 5.41) is 20.5. The molecule has 0 atom stereocenters. The smallest absolute Gasteiger partial charge is 0.262 e. The number of ether oxygens (including phenoxy) is 2. The highest BCUT2D eigenvalue weighted by molar-refractivity contribution is 5.92. The number of nitrogens with zero attached hydrogens (tertiary/aromatic N) is 2. The molecule has 27 heavy (non-hydrogen) atoms. The lowest BCUT2D eigenvalue weighted by Crippen LogP contribution is -2.20. The molecule has 136 valence electrons. The second kappa shape index (κ2) is 9.07. The molecule has 0 aromatic heterocycles. The van der Waals surface area contributed by atoms with Crippen LogP contribution in [0.3, 0.4) is 0 Å². The van der Waals surface area contributed by atoms with Crippen molar-refractivity contribution in [3.05, 3.63) is 58.7 Å². The number of carbonyl (C=O) groups is 1. The van der Waals surface area contributed by atoms with Crippen molar-refractivity contribution in [3.63, 3.8) is 0 Å². The highest BCUT2D eigenvalue weighted by Crippen LogP contribution is 2.29. The molecule has 0 fully saturated rings. The van der Waals surface area contributed by atoms with Crippen LogP contribution in [-0.2, 0) is 4.79 Å². The van der Waals surface area contributed by atoms with Crippen molar-refractivity contribution in [1.29, 1.82) is 10.5 Å². The molecule has 0 saturated heterocycles. The van der Waals surface area contributed by atoms with Crippen LogP contribution < -0.4 is 14.8 Å². The second-order valence-electron chi connectivity index (χ2n) is 5.85. The fourth-order valence-corrected chi connectivity index (χ4v) is 2.35. The number of aryl methyl sites for hydroxylation is 2. The number of rotatable bonds is 6. The van der Waals surface area contributed by atoms with Gasteiger partial charge >= 0.3 is 0 Å². The monoisotopic (exact) mass is 361 g/mol. The van der Waals surface area contributed by atoms with Crippen LogP contribution in [0.5, 0.6) is 11.5 Å². The lowest BCUT2D eigenvalue weighted by atomic mass is 10.1. The highest BCUT2D eigenvalue weighted by atomic mass is 16.5. The van der Waals surface area contributed by atoms with Gasteiger partial charge in [0.25, 0.3) is 5.91 Å². The molecule has 2 aromatic rings. The topological polar surface area (TPSA) is 95.1 Å². The molecule has 2 rings (SSSR count). The summed E-state index contributed by atoms with van der Waals surface area (Å²) >= 11 is 0. The van der Waals surface area contributed by atoms with Gasteiger partial charge in [0.15, 0.2) is 18.1 Å². The Hall–Kier alpha value is -3.77. The molecule has 6 heteroatoms. The van der Waals surface area contributed by atoms with Gasteiger partial charge in [0, 0.05) is 5.69 Å². The Morgan fingerprint density at radius 1 is 1.11 bits per heavy atom. The summed E-state index contributed by atoms with van der Waals surface area (Å²) in [6, 6.07) is 14.4. The number of hydrogen-bond donors (Lipinski definition) is 1. The maximum atomic E-state index is 12.2. The van der Waals surface area contributed by atoms with Crippen LogP contribution in [0.15, 0.2) is 42.0 Å². The van der Waals surface area contributed by atoms with E-state index in [0.717, 1.165) is 16.8 Å². The molecule has 0 spiro atoms. The first-order valence-corrected chi connectivity index (χ1v) is 8.16. The maximum Gasteiger partial charge on any atom is 0.262 e. The van der Waals surface area contributed by atoms with Crippen LogP contribution in [-0.4, -0.2) is 19.6 Å². The van der Waals surface area contributed by atoms with Crippen LogP contribution in [0.4, 0.5) is 5.69 Å². The van der Waals surface area contributed by atoms with Gasteiger partial charge in [-0.05, 0) is 54.8 Å². The molecule has 0 heterocycles. The van der Waals surface area contributed by atoms with Crippen LogP contribution in [0.25, 0.3) is 6.08 Å². The Kier molecular flexibility index (Phi) is 6.57. The summed E-state index contributed by atoms with van der Waals surface area (Å²) < 4.78 is 10.8. The van der Waals surface area contributed by atoms with E-state index >= 15 is 0 Å². The Bertz CT molecular complexity index is 950. The quantitative estimate of drug-likeness (QED) is 0.791. The van der Waals surface area contributed by atoms with Gasteiger partial charge in [-0.3, -0.25) is 4.79 Å². The lowest BCUT2D eigenvalue weighted by molar-refractivity contribution is -0.118. The Morgan fingerprint density at radius 3 is 2.52 bits per heavy atom. The molecule has 0 bridgehead atoms. The van der Waals surface area contributed by atoms with Gasteiger partial charge in [-0.2, -0.15) is 10.5 Å². The molecular weight excluding hydrogens is 342 g/mol. The molecule has 0 aliphatic rings. The van der Waals surface area contributed by atoms with E-state index in [4.69, 9.17) is 20.0 Å². The van der Waals surface area contributed by atoms with Crippen LogP contribution in [0, 0.1) is 36.5 Å². The average molecular weight is 361 g/mol. The summed E-state index contributed by atoms with van der Waals surface area (Å²) in [6.45, 7) is 3.69. The fourth-order valence-electron chi connectivity index (χ4n) is 2.35. The third kappa shape index (κ3) is 5.35. The zero-order chi connectivity index (χ0) is 19.8. The fraction of sp³-hybridized carbons (Fsp3) is 0.190. The summed E-state index contributed by atoms with van der Waals surface area (Å²) in [7, 11) is 1.47. The number of amides is 1. The average Bonchev–Trinajstić information content (AvgIpc) is 2.67. The van der Waals surface area contributed by atoms with Crippen molar-refractivity contribution in [3.8, 4) is 23.6 Å².